The summed E-state index contributed by atoms with van der Waals surface area (Å²) in [5.41, 5.74) is 2.51. The number of aliphatic hydroxyl groups excluding tert-OH is 1. The van der Waals surface area contributed by atoms with Crippen molar-refractivity contribution in [2.45, 2.75) is 118 Å². The Kier molecular flexibility index (Phi) is 6.26. The standard InChI is InChI=1S/C30H48O4/c1-26(2,34)15-8-9-19(25(32)33)20-12-17-30(7)22-10-11-23-27(3,4)24(31)14-16-28(23,5)21(22)13-18-29(20,30)6/h8,15,19-20,23-24,31,34H,9-14,16-18H2,1-7H3,(H,32,33). The van der Waals surface area contributed by atoms with E-state index in [0.29, 0.717) is 12.3 Å². The largest absolute Gasteiger partial charge is 0.481 e. The number of carboxylic acid groups (broad SMARTS) is 1. The molecule has 4 aliphatic rings. The summed E-state index contributed by atoms with van der Waals surface area (Å²) in [6.45, 7) is 15.3. The van der Waals surface area contributed by atoms with Crippen LogP contribution in [0.25, 0.3) is 0 Å². The van der Waals surface area contributed by atoms with E-state index in [-0.39, 0.29) is 33.7 Å². The van der Waals surface area contributed by atoms with Gasteiger partial charge in [0.25, 0.3) is 0 Å². The molecule has 0 bridgehead atoms. The summed E-state index contributed by atoms with van der Waals surface area (Å²) in [4.78, 5) is 12.5. The van der Waals surface area contributed by atoms with Gasteiger partial charge < -0.3 is 15.3 Å². The molecule has 4 nitrogen and oxygen atoms in total. The summed E-state index contributed by atoms with van der Waals surface area (Å²) >= 11 is 0. The highest BCUT2D eigenvalue weighted by molar-refractivity contribution is 5.71. The number of rotatable bonds is 5. The number of allylic oxidation sites excluding steroid dienone is 3. The van der Waals surface area contributed by atoms with E-state index in [2.05, 4.69) is 34.6 Å². The molecular weight excluding hydrogens is 424 g/mol. The van der Waals surface area contributed by atoms with Crippen LogP contribution >= 0.6 is 0 Å². The lowest BCUT2D eigenvalue weighted by molar-refractivity contribution is -0.146. The van der Waals surface area contributed by atoms with Gasteiger partial charge in [0.05, 0.1) is 17.6 Å². The van der Waals surface area contributed by atoms with Gasteiger partial charge in [-0.1, -0.05) is 57.9 Å². The molecule has 4 aliphatic carbocycles. The summed E-state index contributed by atoms with van der Waals surface area (Å²) in [5, 5.41) is 31.1. The van der Waals surface area contributed by atoms with Gasteiger partial charge in [-0.05, 0) is 105 Å². The van der Waals surface area contributed by atoms with Crippen molar-refractivity contribution in [1.29, 1.82) is 0 Å². The van der Waals surface area contributed by atoms with Crippen LogP contribution in [0.5, 0.6) is 0 Å². The minimum Gasteiger partial charge on any atom is -0.481 e. The summed E-state index contributed by atoms with van der Waals surface area (Å²) in [6, 6.07) is 0. The van der Waals surface area contributed by atoms with Crippen molar-refractivity contribution in [3.05, 3.63) is 23.3 Å². The normalized spacial score (nSPS) is 42.8. The fraction of sp³-hybridized carbons (Fsp3) is 0.833. The van der Waals surface area contributed by atoms with Crippen molar-refractivity contribution in [3.63, 3.8) is 0 Å². The van der Waals surface area contributed by atoms with Crippen molar-refractivity contribution in [2.24, 2.45) is 39.4 Å². The van der Waals surface area contributed by atoms with Gasteiger partial charge in [-0.25, -0.2) is 0 Å². The number of aliphatic carboxylic acids is 1. The number of hydrogen-bond acceptors (Lipinski definition) is 3. The fourth-order valence-corrected chi connectivity index (χ4v) is 9.30. The molecule has 0 aliphatic heterocycles. The molecule has 7 atom stereocenters. The third-order valence-corrected chi connectivity index (χ3v) is 11.5. The second-order valence-electron chi connectivity index (χ2n) is 14.0. The first-order chi connectivity index (χ1) is 15.6. The SMILES string of the molecule is CC(C)(O)C=CCC(C(=O)O)C1CCC2(C)C3=C(CCC12C)C1(C)CCC(O)C(C)(C)C1CC3. The van der Waals surface area contributed by atoms with Gasteiger partial charge in [-0.15, -0.1) is 0 Å². The molecule has 0 aromatic rings. The van der Waals surface area contributed by atoms with Gasteiger partial charge >= 0.3 is 5.97 Å². The Bertz CT molecular complexity index is 892. The van der Waals surface area contributed by atoms with Gasteiger partial charge in [0.2, 0.25) is 0 Å². The first-order valence-electron chi connectivity index (χ1n) is 13.6. The van der Waals surface area contributed by atoms with Crippen molar-refractivity contribution in [2.75, 3.05) is 0 Å². The summed E-state index contributed by atoms with van der Waals surface area (Å²) < 4.78 is 0. The zero-order valence-electron chi connectivity index (χ0n) is 22.6. The van der Waals surface area contributed by atoms with Crippen LogP contribution in [0, 0.1) is 39.4 Å². The van der Waals surface area contributed by atoms with E-state index >= 15 is 0 Å². The smallest absolute Gasteiger partial charge is 0.307 e. The van der Waals surface area contributed by atoms with E-state index in [9.17, 15) is 20.1 Å². The summed E-state index contributed by atoms with van der Waals surface area (Å²) in [5.74, 6) is -0.463. The molecule has 34 heavy (non-hydrogen) atoms. The minimum atomic E-state index is -0.920. The lowest BCUT2D eigenvalue weighted by Gasteiger charge is -2.62. The van der Waals surface area contributed by atoms with Crippen molar-refractivity contribution >= 4 is 5.97 Å². The molecule has 4 heteroatoms. The van der Waals surface area contributed by atoms with Gasteiger partial charge in [0, 0.05) is 0 Å². The highest BCUT2D eigenvalue weighted by atomic mass is 16.4. The maximum Gasteiger partial charge on any atom is 0.307 e. The Morgan fingerprint density at radius 3 is 2.32 bits per heavy atom. The number of carbonyl (C=O) groups is 1. The molecule has 4 rings (SSSR count). The number of aliphatic hydroxyl groups is 2. The molecular formula is C30H48O4. The quantitative estimate of drug-likeness (QED) is 0.398. The highest BCUT2D eigenvalue weighted by Gasteiger charge is 2.64. The predicted octanol–water partition coefficient (Wildman–Crippen LogP) is 6.51. The van der Waals surface area contributed by atoms with E-state index in [4.69, 9.17) is 0 Å². The van der Waals surface area contributed by atoms with E-state index in [0.717, 1.165) is 51.4 Å². The molecule has 192 valence electrons. The van der Waals surface area contributed by atoms with Gasteiger partial charge in [-0.2, -0.15) is 0 Å². The topological polar surface area (TPSA) is 77.8 Å². The van der Waals surface area contributed by atoms with Crippen LogP contribution in [0.4, 0.5) is 0 Å². The zero-order chi connectivity index (χ0) is 25.3. The number of fused-ring (bicyclic) bond motifs is 4. The Labute approximate surface area is 206 Å². The molecule has 0 spiro atoms. The van der Waals surface area contributed by atoms with E-state index in [1.807, 2.05) is 6.08 Å². The molecule has 0 aromatic heterocycles. The van der Waals surface area contributed by atoms with Gasteiger partial charge in [0.15, 0.2) is 0 Å². The Morgan fingerprint density at radius 1 is 1.03 bits per heavy atom. The summed E-state index contributed by atoms with van der Waals surface area (Å²) in [6.07, 6.45) is 12.2. The van der Waals surface area contributed by atoms with Crippen LogP contribution in [0.15, 0.2) is 23.3 Å². The molecule has 0 amide bonds. The monoisotopic (exact) mass is 472 g/mol. The summed E-state index contributed by atoms with van der Waals surface area (Å²) in [7, 11) is 0. The van der Waals surface area contributed by atoms with E-state index < -0.39 is 17.5 Å². The Morgan fingerprint density at radius 2 is 1.71 bits per heavy atom. The predicted molar refractivity (Wildman–Crippen MR) is 136 cm³/mol. The average Bonchev–Trinajstić information content (AvgIpc) is 2.99. The van der Waals surface area contributed by atoms with Crippen LogP contribution in [0.2, 0.25) is 0 Å². The zero-order valence-corrected chi connectivity index (χ0v) is 22.6. The first-order valence-corrected chi connectivity index (χ1v) is 13.6. The lowest BCUT2D eigenvalue weighted by Crippen LogP contribution is -2.55. The van der Waals surface area contributed by atoms with Gasteiger partial charge in [-0.3, -0.25) is 4.79 Å². The van der Waals surface area contributed by atoms with E-state index in [1.54, 1.807) is 31.1 Å². The number of carboxylic acids is 1. The third kappa shape index (κ3) is 3.74. The lowest BCUT2D eigenvalue weighted by atomic mass is 9.43. The highest BCUT2D eigenvalue weighted by Crippen LogP contribution is 2.72. The van der Waals surface area contributed by atoms with Crippen LogP contribution in [-0.4, -0.2) is 33.0 Å². The maximum absolute atomic E-state index is 12.5. The molecule has 7 unspecified atom stereocenters. The number of hydrogen-bond donors (Lipinski definition) is 3. The fourth-order valence-electron chi connectivity index (χ4n) is 9.30. The Balaban J connectivity index is 1.69. The van der Waals surface area contributed by atoms with Crippen LogP contribution in [-0.2, 0) is 4.79 Å². The molecule has 2 saturated carbocycles. The molecule has 3 N–H and O–H groups in total. The second-order valence-corrected chi connectivity index (χ2v) is 14.0. The minimum absolute atomic E-state index is 0.0235. The van der Waals surface area contributed by atoms with Crippen LogP contribution in [0.1, 0.15) is 106 Å². The second kappa shape index (κ2) is 8.20. The molecule has 0 aromatic carbocycles. The van der Waals surface area contributed by atoms with Gasteiger partial charge in [0.1, 0.15) is 0 Å². The molecule has 2 fully saturated rings. The maximum atomic E-state index is 12.5. The molecule has 0 radical (unpaired) electrons. The van der Waals surface area contributed by atoms with Crippen molar-refractivity contribution < 1.29 is 20.1 Å². The average molecular weight is 473 g/mol. The Hall–Kier alpha value is -1.13. The molecule has 0 heterocycles. The van der Waals surface area contributed by atoms with E-state index in [1.165, 1.54) is 0 Å². The van der Waals surface area contributed by atoms with Crippen molar-refractivity contribution in [1.82, 2.24) is 0 Å². The third-order valence-electron chi connectivity index (χ3n) is 11.5. The van der Waals surface area contributed by atoms with Crippen LogP contribution in [0.3, 0.4) is 0 Å². The van der Waals surface area contributed by atoms with Crippen LogP contribution < -0.4 is 0 Å². The first kappa shape index (κ1) is 25.9. The van der Waals surface area contributed by atoms with Crippen molar-refractivity contribution in [3.8, 4) is 0 Å². The molecule has 0 saturated heterocycles.